The van der Waals surface area contributed by atoms with Crippen LogP contribution >= 0.6 is 15.9 Å². The van der Waals surface area contributed by atoms with Crippen molar-refractivity contribution >= 4 is 15.9 Å². The van der Waals surface area contributed by atoms with Gasteiger partial charge in [0.1, 0.15) is 0 Å². The summed E-state index contributed by atoms with van der Waals surface area (Å²) in [6, 6.07) is 4.45. The van der Waals surface area contributed by atoms with Gasteiger partial charge in [-0.2, -0.15) is 0 Å². The SMILES string of the molecule is Cc1cc(Br)c(C)c(C(C)(C)C)c1. The lowest BCUT2D eigenvalue weighted by Gasteiger charge is -2.23. The van der Waals surface area contributed by atoms with Crippen LogP contribution in [0.3, 0.4) is 0 Å². The molecule has 0 saturated carbocycles. The molecule has 0 aliphatic heterocycles. The summed E-state index contributed by atoms with van der Waals surface area (Å²) in [6.07, 6.45) is 0. The standard InChI is InChI=1S/C12H17Br/c1-8-6-10(12(3,4)5)9(2)11(13)7-8/h6-7H,1-5H3. The van der Waals surface area contributed by atoms with Crippen LogP contribution in [0.25, 0.3) is 0 Å². The zero-order valence-corrected chi connectivity index (χ0v) is 10.6. The largest absolute Gasteiger partial charge is 0.0561 e. The maximum atomic E-state index is 3.59. The molecular formula is C12H17Br. The Morgan fingerprint density at radius 3 is 2.08 bits per heavy atom. The molecule has 1 aromatic rings. The van der Waals surface area contributed by atoms with Crippen molar-refractivity contribution in [1.29, 1.82) is 0 Å². The average molecular weight is 241 g/mol. The summed E-state index contributed by atoms with van der Waals surface area (Å²) in [5.74, 6) is 0. The summed E-state index contributed by atoms with van der Waals surface area (Å²) >= 11 is 3.59. The first-order valence-electron chi connectivity index (χ1n) is 4.59. The maximum absolute atomic E-state index is 3.59. The van der Waals surface area contributed by atoms with E-state index >= 15 is 0 Å². The number of hydrogen-bond donors (Lipinski definition) is 0. The second-order valence-electron chi connectivity index (χ2n) is 4.67. The van der Waals surface area contributed by atoms with Crippen molar-refractivity contribution < 1.29 is 0 Å². The minimum absolute atomic E-state index is 0.235. The molecule has 0 aliphatic rings. The monoisotopic (exact) mass is 240 g/mol. The minimum atomic E-state index is 0.235. The summed E-state index contributed by atoms with van der Waals surface area (Å²) in [4.78, 5) is 0. The van der Waals surface area contributed by atoms with Crippen molar-refractivity contribution in [3.8, 4) is 0 Å². The fraction of sp³-hybridized carbons (Fsp3) is 0.500. The number of rotatable bonds is 0. The molecule has 72 valence electrons. The van der Waals surface area contributed by atoms with E-state index in [2.05, 4.69) is 62.7 Å². The Hall–Kier alpha value is -0.300. The molecule has 0 N–H and O–H groups in total. The lowest BCUT2D eigenvalue weighted by Crippen LogP contribution is -2.13. The number of benzene rings is 1. The van der Waals surface area contributed by atoms with Crippen LogP contribution < -0.4 is 0 Å². The van der Waals surface area contributed by atoms with Gasteiger partial charge >= 0.3 is 0 Å². The Balaban J connectivity index is 3.37. The molecular weight excluding hydrogens is 224 g/mol. The van der Waals surface area contributed by atoms with E-state index in [1.54, 1.807) is 0 Å². The predicted octanol–water partition coefficient (Wildman–Crippen LogP) is 4.36. The Kier molecular flexibility index (Phi) is 2.86. The lowest BCUT2D eigenvalue weighted by molar-refractivity contribution is 0.585. The van der Waals surface area contributed by atoms with E-state index in [1.165, 1.54) is 21.2 Å². The van der Waals surface area contributed by atoms with E-state index in [-0.39, 0.29) is 5.41 Å². The highest BCUT2D eigenvalue weighted by Crippen LogP contribution is 2.31. The van der Waals surface area contributed by atoms with Crippen molar-refractivity contribution in [2.24, 2.45) is 0 Å². The normalized spacial score (nSPS) is 11.8. The van der Waals surface area contributed by atoms with Crippen molar-refractivity contribution in [2.75, 3.05) is 0 Å². The molecule has 1 aromatic carbocycles. The zero-order valence-electron chi connectivity index (χ0n) is 9.03. The number of hydrogen-bond acceptors (Lipinski definition) is 0. The second kappa shape index (κ2) is 3.45. The molecule has 0 heterocycles. The molecule has 0 spiro atoms. The first-order chi connectivity index (χ1) is 5.82. The van der Waals surface area contributed by atoms with Gasteiger partial charge in [-0.3, -0.25) is 0 Å². The fourth-order valence-corrected chi connectivity index (χ4v) is 2.17. The summed E-state index contributed by atoms with van der Waals surface area (Å²) in [6.45, 7) is 11.1. The van der Waals surface area contributed by atoms with Crippen LogP contribution in [0.2, 0.25) is 0 Å². The molecule has 0 amide bonds. The molecule has 0 radical (unpaired) electrons. The van der Waals surface area contributed by atoms with Gasteiger partial charge in [0.2, 0.25) is 0 Å². The Morgan fingerprint density at radius 1 is 1.08 bits per heavy atom. The van der Waals surface area contributed by atoms with E-state index in [1.807, 2.05) is 0 Å². The third-order valence-electron chi connectivity index (χ3n) is 2.30. The number of aryl methyl sites for hydroxylation is 1. The number of halogens is 1. The Morgan fingerprint density at radius 2 is 1.62 bits per heavy atom. The molecule has 0 unspecified atom stereocenters. The van der Waals surface area contributed by atoms with Crippen molar-refractivity contribution in [3.05, 3.63) is 33.3 Å². The molecule has 1 heteroatoms. The minimum Gasteiger partial charge on any atom is -0.0561 e. The first kappa shape index (κ1) is 10.8. The smallest absolute Gasteiger partial charge is 0.0210 e. The van der Waals surface area contributed by atoms with E-state index < -0.39 is 0 Å². The molecule has 0 bridgehead atoms. The van der Waals surface area contributed by atoms with Gasteiger partial charge in [0.25, 0.3) is 0 Å². The third-order valence-corrected chi connectivity index (χ3v) is 3.12. The quantitative estimate of drug-likeness (QED) is 0.632. The summed E-state index contributed by atoms with van der Waals surface area (Å²) in [5.41, 5.74) is 4.35. The van der Waals surface area contributed by atoms with Crippen LogP contribution in [0, 0.1) is 13.8 Å². The van der Waals surface area contributed by atoms with Gasteiger partial charge < -0.3 is 0 Å². The van der Waals surface area contributed by atoms with E-state index in [0.717, 1.165) is 0 Å². The zero-order chi connectivity index (χ0) is 10.2. The van der Waals surface area contributed by atoms with Gasteiger partial charge in [-0.05, 0) is 42.0 Å². The van der Waals surface area contributed by atoms with Crippen LogP contribution in [-0.4, -0.2) is 0 Å². The van der Waals surface area contributed by atoms with E-state index in [9.17, 15) is 0 Å². The first-order valence-corrected chi connectivity index (χ1v) is 5.39. The average Bonchev–Trinajstić information content (AvgIpc) is 1.94. The van der Waals surface area contributed by atoms with Gasteiger partial charge in [-0.25, -0.2) is 0 Å². The van der Waals surface area contributed by atoms with Gasteiger partial charge in [0.05, 0.1) is 0 Å². The highest BCUT2D eigenvalue weighted by atomic mass is 79.9. The van der Waals surface area contributed by atoms with Crippen molar-refractivity contribution in [1.82, 2.24) is 0 Å². The summed E-state index contributed by atoms with van der Waals surface area (Å²) in [7, 11) is 0. The molecule has 0 fully saturated rings. The van der Waals surface area contributed by atoms with E-state index in [4.69, 9.17) is 0 Å². The molecule has 0 saturated heterocycles. The topological polar surface area (TPSA) is 0 Å². The Labute approximate surface area is 89.5 Å². The molecule has 0 aliphatic carbocycles. The molecule has 0 nitrogen and oxygen atoms in total. The molecule has 0 aromatic heterocycles. The lowest BCUT2D eigenvalue weighted by atomic mass is 9.83. The van der Waals surface area contributed by atoms with Crippen molar-refractivity contribution in [2.45, 2.75) is 40.0 Å². The van der Waals surface area contributed by atoms with Gasteiger partial charge in [-0.1, -0.05) is 42.8 Å². The van der Waals surface area contributed by atoms with E-state index in [0.29, 0.717) is 0 Å². The van der Waals surface area contributed by atoms with Gasteiger partial charge in [0.15, 0.2) is 0 Å². The molecule has 1 rings (SSSR count). The van der Waals surface area contributed by atoms with Crippen LogP contribution in [0.15, 0.2) is 16.6 Å². The molecule has 0 atom stereocenters. The van der Waals surface area contributed by atoms with Crippen LogP contribution in [-0.2, 0) is 5.41 Å². The maximum Gasteiger partial charge on any atom is 0.0210 e. The highest BCUT2D eigenvalue weighted by molar-refractivity contribution is 9.10. The summed E-state index contributed by atoms with van der Waals surface area (Å²) < 4.78 is 1.22. The molecule has 13 heavy (non-hydrogen) atoms. The highest BCUT2D eigenvalue weighted by Gasteiger charge is 2.17. The van der Waals surface area contributed by atoms with Crippen LogP contribution in [0.5, 0.6) is 0 Å². The second-order valence-corrected chi connectivity index (χ2v) is 5.52. The fourth-order valence-electron chi connectivity index (χ4n) is 1.59. The van der Waals surface area contributed by atoms with Gasteiger partial charge in [0, 0.05) is 4.47 Å². The Bertz CT molecular complexity index is 319. The summed E-state index contributed by atoms with van der Waals surface area (Å²) in [5, 5.41) is 0. The van der Waals surface area contributed by atoms with Crippen LogP contribution in [0.4, 0.5) is 0 Å². The van der Waals surface area contributed by atoms with Crippen LogP contribution in [0.1, 0.15) is 37.5 Å². The third kappa shape index (κ3) is 2.34. The predicted molar refractivity (Wildman–Crippen MR) is 62.3 cm³/mol. The van der Waals surface area contributed by atoms with Crippen molar-refractivity contribution in [3.63, 3.8) is 0 Å². The van der Waals surface area contributed by atoms with Gasteiger partial charge in [-0.15, -0.1) is 0 Å².